The van der Waals surface area contributed by atoms with E-state index in [4.69, 9.17) is 16.3 Å². The van der Waals surface area contributed by atoms with Gasteiger partial charge in [0.15, 0.2) is 0 Å². The van der Waals surface area contributed by atoms with Crippen LogP contribution in [0.3, 0.4) is 0 Å². The summed E-state index contributed by atoms with van der Waals surface area (Å²) in [6.45, 7) is 7.82. The number of hydrogen-bond acceptors (Lipinski definition) is 3. The highest BCUT2D eigenvalue weighted by Gasteiger charge is 2.34. The Balaban J connectivity index is 1.90. The second kappa shape index (κ2) is 8.87. The van der Waals surface area contributed by atoms with Crippen molar-refractivity contribution in [1.29, 1.82) is 0 Å². The fourth-order valence-electron chi connectivity index (χ4n) is 3.04. The number of nitrogens with one attached hydrogen (secondary N) is 2. The van der Waals surface area contributed by atoms with Gasteiger partial charge in [0.2, 0.25) is 11.8 Å². The Hall–Kier alpha value is -1.59. The second-order valence-electron chi connectivity index (χ2n) is 7.93. The normalized spacial score (nSPS) is 16.8. The highest BCUT2D eigenvalue weighted by atomic mass is 35.5. The SMILES string of the molecule is CC(C)(C)C(=O)NCCC(=O)NCC1(c2ccc(Cl)cc2)CCOCC1. The van der Waals surface area contributed by atoms with Gasteiger partial charge in [0.05, 0.1) is 0 Å². The largest absolute Gasteiger partial charge is 0.381 e. The van der Waals surface area contributed by atoms with Crippen LogP contribution in [0.25, 0.3) is 0 Å². The summed E-state index contributed by atoms with van der Waals surface area (Å²) in [6, 6.07) is 7.84. The number of carbonyl (C=O) groups excluding carboxylic acids is 2. The van der Waals surface area contributed by atoms with Crippen LogP contribution < -0.4 is 10.6 Å². The molecule has 0 aromatic heterocycles. The summed E-state index contributed by atoms with van der Waals surface area (Å²) in [7, 11) is 0. The van der Waals surface area contributed by atoms with E-state index < -0.39 is 5.41 Å². The predicted octanol–water partition coefficient (Wildman–Crippen LogP) is 3.06. The van der Waals surface area contributed by atoms with E-state index in [9.17, 15) is 9.59 Å². The first kappa shape index (κ1) is 20.7. The van der Waals surface area contributed by atoms with Crippen LogP contribution in [0.2, 0.25) is 5.02 Å². The summed E-state index contributed by atoms with van der Waals surface area (Å²) in [5, 5.41) is 6.55. The van der Waals surface area contributed by atoms with Gasteiger partial charge in [-0.15, -0.1) is 0 Å². The van der Waals surface area contributed by atoms with Crippen LogP contribution in [0.5, 0.6) is 0 Å². The summed E-state index contributed by atoms with van der Waals surface area (Å²) < 4.78 is 5.51. The van der Waals surface area contributed by atoms with Crippen molar-refractivity contribution in [3.05, 3.63) is 34.9 Å². The third-order valence-electron chi connectivity index (χ3n) is 4.85. The lowest BCUT2D eigenvalue weighted by Crippen LogP contribution is -2.45. The minimum atomic E-state index is -0.447. The summed E-state index contributed by atoms with van der Waals surface area (Å²) in [4.78, 5) is 24.1. The molecule has 1 heterocycles. The van der Waals surface area contributed by atoms with Crippen LogP contribution in [0, 0.1) is 5.41 Å². The molecule has 0 saturated carbocycles. The molecule has 0 unspecified atom stereocenters. The number of halogens is 1. The van der Waals surface area contributed by atoms with Crippen LogP contribution in [-0.4, -0.2) is 38.1 Å². The Morgan fingerprint density at radius 2 is 1.73 bits per heavy atom. The molecule has 1 aromatic rings. The van der Waals surface area contributed by atoms with E-state index in [1.807, 2.05) is 45.0 Å². The van der Waals surface area contributed by atoms with E-state index in [1.165, 1.54) is 5.56 Å². The van der Waals surface area contributed by atoms with Gasteiger partial charge in [0.1, 0.15) is 0 Å². The smallest absolute Gasteiger partial charge is 0.225 e. The van der Waals surface area contributed by atoms with Gasteiger partial charge in [-0.2, -0.15) is 0 Å². The lowest BCUT2D eigenvalue weighted by atomic mass is 9.74. The van der Waals surface area contributed by atoms with Gasteiger partial charge in [0, 0.05) is 48.6 Å². The van der Waals surface area contributed by atoms with Crippen molar-refractivity contribution in [3.63, 3.8) is 0 Å². The van der Waals surface area contributed by atoms with E-state index in [0.29, 0.717) is 31.3 Å². The van der Waals surface area contributed by atoms with Crippen LogP contribution in [0.1, 0.15) is 45.6 Å². The van der Waals surface area contributed by atoms with Crippen molar-refractivity contribution in [2.45, 2.75) is 45.4 Å². The van der Waals surface area contributed by atoms with E-state index >= 15 is 0 Å². The Labute approximate surface area is 160 Å². The van der Waals surface area contributed by atoms with E-state index in [-0.39, 0.29) is 23.7 Å². The molecule has 0 spiro atoms. The highest BCUT2D eigenvalue weighted by molar-refractivity contribution is 6.30. The summed E-state index contributed by atoms with van der Waals surface area (Å²) in [6.07, 6.45) is 1.99. The molecular weight excluding hydrogens is 352 g/mol. The van der Waals surface area contributed by atoms with Crippen molar-refractivity contribution in [1.82, 2.24) is 10.6 Å². The first-order valence-corrected chi connectivity index (χ1v) is 9.50. The molecule has 2 rings (SSSR count). The van der Waals surface area contributed by atoms with Gasteiger partial charge in [-0.05, 0) is 30.5 Å². The van der Waals surface area contributed by atoms with Crippen LogP contribution in [0.4, 0.5) is 0 Å². The molecular formula is C20H29ClN2O3. The quantitative estimate of drug-likeness (QED) is 0.797. The fourth-order valence-corrected chi connectivity index (χ4v) is 3.17. The third kappa shape index (κ3) is 5.71. The number of benzene rings is 1. The minimum absolute atomic E-state index is 0.0487. The van der Waals surface area contributed by atoms with Crippen LogP contribution in [0.15, 0.2) is 24.3 Å². The third-order valence-corrected chi connectivity index (χ3v) is 5.10. The van der Waals surface area contributed by atoms with Gasteiger partial charge in [-0.1, -0.05) is 44.5 Å². The standard InChI is InChI=1S/C20H29ClN2O3/c1-19(2,3)18(25)22-11-8-17(24)23-14-20(9-12-26-13-10-20)15-4-6-16(21)7-5-15/h4-7H,8-14H2,1-3H3,(H,22,25)(H,23,24). The molecule has 0 bridgehead atoms. The number of rotatable bonds is 6. The lowest BCUT2D eigenvalue weighted by Gasteiger charge is -2.38. The van der Waals surface area contributed by atoms with Crippen molar-refractivity contribution >= 4 is 23.4 Å². The molecule has 2 amide bonds. The van der Waals surface area contributed by atoms with Crippen molar-refractivity contribution in [2.75, 3.05) is 26.3 Å². The fraction of sp³-hybridized carbons (Fsp3) is 0.600. The number of hydrogen-bond donors (Lipinski definition) is 2. The zero-order valence-electron chi connectivity index (χ0n) is 15.9. The van der Waals surface area contributed by atoms with Crippen molar-refractivity contribution in [3.8, 4) is 0 Å². The summed E-state index contributed by atoms with van der Waals surface area (Å²) in [5.41, 5.74) is 0.594. The predicted molar refractivity (Wildman–Crippen MR) is 103 cm³/mol. The Morgan fingerprint density at radius 1 is 1.12 bits per heavy atom. The Kier molecular flexibility index (Phi) is 7.07. The molecule has 1 aliphatic heterocycles. The zero-order valence-corrected chi connectivity index (χ0v) is 16.6. The number of ether oxygens (including phenoxy) is 1. The van der Waals surface area contributed by atoms with E-state index in [2.05, 4.69) is 10.6 Å². The molecule has 1 fully saturated rings. The summed E-state index contributed by atoms with van der Waals surface area (Å²) >= 11 is 6.01. The topological polar surface area (TPSA) is 67.4 Å². The molecule has 6 heteroatoms. The molecule has 0 radical (unpaired) electrons. The van der Waals surface area contributed by atoms with Gasteiger partial charge in [-0.3, -0.25) is 9.59 Å². The van der Waals surface area contributed by atoms with Gasteiger partial charge >= 0.3 is 0 Å². The molecule has 5 nitrogen and oxygen atoms in total. The molecule has 144 valence electrons. The molecule has 1 saturated heterocycles. The Bertz CT molecular complexity index is 617. The summed E-state index contributed by atoms with van der Waals surface area (Å²) in [5.74, 6) is -0.105. The number of carbonyl (C=O) groups is 2. The monoisotopic (exact) mass is 380 g/mol. The van der Waals surface area contributed by atoms with Gasteiger partial charge < -0.3 is 15.4 Å². The van der Waals surface area contributed by atoms with Crippen molar-refractivity contribution in [2.24, 2.45) is 5.41 Å². The molecule has 1 aromatic carbocycles. The highest BCUT2D eigenvalue weighted by Crippen LogP contribution is 2.34. The van der Waals surface area contributed by atoms with Crippen molar-refractivity contribution < 1.29 is 14.3 Å². The average molecular weight is 381 g/mol. The molecule has 1 aliphatic rings. The Morgan fingerprint density at radius 3 is 2.31 bits per heavy atom. The first-order chi connectivity index (χ1) is 12.2. The average Bonchev–Trinajstić information content (AvgIpc) is 2.60. The lowest BCUT2D eigenvalue weighted by molar-refractivity contribution is -0.128. The van der Waals surface area contributed by atoms with E-state index in [1.54, 1.807) is 0 Å². The van der Waals surface area contributed by atoms with Gasteiger partial charge in [-0.25, -0.2) is 0 Å². The van der Waals surface area contributed by atoms with E-state index in [0.717, 1.165) is 12.8 Å². The first-order valence-electron chi connectivity index (χ1n) is 9.12. The maximum absolute atomic E-state index is 12.2. The molecule has 0 aliphatic carbocycles. The maximum Gasteiger partial charge on any atom is 0.225 e. The second-order valence-corrected chi connectivity index (χ2v) is 8.37. The molecule has 26 heavy (non-hydrogen) atoms. The zero-order chi connectivity index (χ0) is 19.2. The van der Waals surface area contributed by atoms with Gasteiger partial charge in [0.25, 0.3) is 0 Å². The maximum atomic E-state index is 12.2. The van der Waals surface area contributed by atoms with Crippen LogP contribution >= 0.6 is 11.6 Å². The minimum Gasteiger partial charge on any atom is -0.381 e. The molecule has 2 N–H and O–H groups in total. The number of amides is 2. The van der Waals surface area contributed by atoms with Crippen LogP contribution in [-0.2, 0) is 19.7 Å². The molecule has 0 atom stereocenters.